The summed E-state index contributed by atoms with van der Waals surface area (Å²) in [6, 6.07) is 9.01. The third-order valence-electron chi connectivity index (χ3n) is 3.76. The Morgan fingerprint density at radius 2 is 1.72 bits per heavy atom. The van der Waals surface area contributed by atoms with Gasteiger partial charge in [-0.3, -0.25) is 9.78 Å². The second-order valence-electron chi connectivity index (χ2n) is 5.72. The second kappa shape index (κ2) is 6.56. The van der Waals surface area contributed by atoms with Crippen molar-refractivity contribution in [1.29, 1.82) is 0 Å². The first-order valence-electron chi connectivity index (χ1n) is 7.62. The van der Waals surface area contributed by atoms with E-state index in [-0.39, 0.29) is 5.91 Å². The van der Waals surface area contributed by atoms with Crippen LogP contribution < -0.4 is 11.5 Å². The van der Waals surface area contributed by atoms with Crippen LogP contribution in [0.1, 0.15) is 10.4 Å². The highest BCUT2D eigenvalue weighted by molar-refractivity contribution is 5.94. The maximum atomic E-state index is 12.0. The number of hydrogen-bond acceptors (Lipinski definition) is 6. The Balaban J connectivity index is 2.02. The molecule has 126 valence electrons. The number of amides is 1. The van der Waals surface area contributed by atoms with E-state index in [1.807, 2.05) is 18.2 Å². The van der Waals surface area contributed by atoms with Gasteiger partial charge in [0.2, 0.25) is 0 Å². The molecule has 3 aromatic rings. The van der Waals surface area contributed by atoms with Crippen molar-refractivity contribution in [2.45, 2.75) is 0 Å². The van der Waals surface area contributed by atoms with Crippen LogP contribution in [0.15, 0.2) is 48.9 Å². The predicted molar refractivity (Wildman–Crippen MR) is 97.5 cm³/mol. The molecule has 0 aromatic carbocycles. The van der Waals surface area contributed by atoms with Crippen LogP contribution >= 0.6 is 0 Å². The quantitative estimate of drug-likeness (QED) is 0.758. The zero-order valence-corrected chi connectivity index (χ0v) is 14.0. The van der Waals surface area contributed by atoms with Gasteiger partial charge >= 0.3 is 0 Å². The van der Waals surface area contributed by atoms with Gasteiger partial charge in [0.15, 0.2) is 0 Å². The normalized spacial score (nSPS) is 10.5. The molecule has 7 nitrogen and oxygen atoms in total. The fraction of sp³-hybridized carbons (Fsp3) is 0.111. The smallest absolute Gasteiger partial charge is 0.254 e. The first-order valence-corrected chi connectivity index (χ1v) is 7.62. The first kappa shape index (κ1) is 16.4. The number of aromatic nitrogens is 3. The van der Waals surface area contributed by atoms with E-state index in [1.165, 1.54) is 11.1 Å². The Hall–Kier alpha value is -3.48. The Bertz CT molecular complexity index is 921. The topological polar surface area (TPSA) is 111 Å². The van der Waals surface area contributed by atoms with Crippen molar-refractivity contribution >= 4 is 17.5 Å². The molecule has 7 heteroatoms. The lowest BCUT2D eigenvalue weighted by atomic mass is 10.0. The minimum absolute atomic E-state index is 0.109. The van der Waals surface area contributed by atoms with E-state index in [1.54, 1.807) is 38.6 Å². The molecule has 0 radical (unpaired) electrons. The lowest BCUT2D eigenvalue weighted by Gasteiger charge is -2.11. The van der Waals surface area contributed by atoms with Crippen LogP contribution in [-0.2, 0) is 0 Å². The molecule has 0 fully saturated rings. The van der Waals surface area contributed by atoms with E-state index in [0.717, 1.165) is 11.1 Å². The van der Waals surface area contributed by atoms with Crippen molar-refractivity contribution in [2.75, 3.05) is 25.6 Å². The van der Waals surface area contributed by atoms with Crippen LogP contribution in [0.3, 0.4) is 0 Å². The number of nitrogens with zero attached hydrogens (tertiary/aromatic N) is 4. The summed E-state index contributed by atoms with van der Waals surface area (Å²) in [5, 5.41) is 0. The van der Waals surface area contributed by atoms with Gasteiger partial charge in [-0.15, -0.1) is 0 Å². The van der Waals surface area contributed by atoms with Gasteiger partial charge in [0.05, 0.1) is 11.3 Å². The SMILES string of the molecule is CN(C)C(=O)c1ccc(-c2cc(-c3cccnc3N)cnc2N)nc1. The summed E-state index contributed by atoms with van der Waals surface area (Å²) in [6.07, 6.45) is 4.81. The van der Waals surface area contributed by atoms with Gasteiger partial charge in [-0.1, -0.05) is 0 Å². The van der Waals surface area contributed by atoms with Crippen LogP contribution in [0.5, 0.6) is 0 Å². The number of pyridine rings is 3. The molecule has 0 atom stereocenters. The van der Waals surface area contributed by atoms with Crippen LogP contribution in [0.4, 0.5) is 11.6 Å². The van der Waals surface area contributed by atoms with Gasteiger partial charge < -0.3 is 16.4 Å². The van der Waals surface area contributed by atoms with E-state index >= 15 is 0 Å². The van der Waals surface area contributed by atoms with E-state index in [0.29, 0.717) is 28.5 Å². The molecule has 0 saturated heterocycles. The summed E-state index contributed by atoms with van der Waals surface area (Å²) >= 11 is 0. The van der Waals surface area contributed by atoms with Gasteiger partial charge in [-0.25, -0.2) is 9.97 Å². The molecule has 0 unspecified atom stereocenters. The molecule has 0 spiro atoms. The van der Waals surface area contributed by atoms with Gasteiger partial charge in [0.1, 0.15) is 11.6 Å². The largest absolute Gasteiger partial charge is 0.383 e. The van der Waals surface area contributed by atoms with Crippen LogP contribution in [-0.4, -0.2) is 39.9 Å². The summed E-state index contributed by atoms with van der Waals surface area (Å²) in [4.78, 5) is 26.1. The zero-order valence-electron chi connectivity index (χ0n) is 14.0. The molecule has 0 aliphatic rings. The van der Waals surface area contributed by atoms with Gasteiger partial charge in [-0.2, -0.15) is 0 Å². The molecular formula is C18H18N6O. The molecule has 1 amide bonds. The number of carbonyl (C=O) groups excluding carboxylic acids is 1. The van der Waals surface area contributed by atoms with Crippen molar-refractivity contribution < 1.29 is 4.79 Å². The molecule has 25 heavy (non-hydrogen) atoms. The van der Waals surface area contributed by atoms with Gasteiger partial charge in [0.25, 0.3) is 5.91 Å². The molecule has 3 heterocycles. The lowest BCUT2D eigenvalue weighted by Crippen LogP contribution is -2.21. The summed E-state index contributed by atoms with van der Waals surface area (Å²) in [6.45, 7) is 0. The third kappa shape index (κ3) is 3.25. The summed E-state index contributed by atoms with van der Waals surface area (Å²) in [7, 11) is 3.39. The summed E-state index contributed by atoms with van der Waals surface area (Å²) in [5.74, 6) is 0.660. The number of anilines is 2. The highest BCUT2D eigenvalue weighted by atomic mass is 16.2. The van der Waals surface area contributed by atoms with E-state index in [2.05, 4.69) is 15.0 Å². The fourth-order valence-electron chi connectivity index (χ4n) is 2.43. The average Bonchev–Trinajstić information content (AvgIpc) is 2.62. The second-order valence-corrected chi connectivity index (χ2v) is 5.72. The highest BCUT2D eigenvalue weighted by Gasteiger charge is 2.12. The Kier molecular flexibility index (Phi) is 4.30. The monoisotopic (exact) mass is 334 g/mol. The van der Waals surface area contributed by atoms with E-state index < -0.39 is 0 Å². The molecule has 3 aromatic heterocycles. The molecule has 0 aliphatic heterocycles. The molecule has 3 rings (SSSR count). The Morgan fingerprint density at radius 1 is 0.960 bits per heavy atom. The molecule has 4 N–H and O–H groups in total. The highest BCUT2D eigenvalue weighted by Crippen LogP contribution is 2.30. The van der Waals surface area contributed by atoms with Crippen molar-refractivity contribution in [1.82, 2.24) is 19.9 Å². The third-order valence-corrected chi connectivity index (χ3v) is 3.76. The molecule has 0 aliphatic carbocycles. The number of hydrogen-bond donors (Lipinski definition) is 2. The van der Waals surface area contributed by atoms with Crippen LogP contribution in [0, 0.1) is 0 Å². The van der Waals surface area contributed by atoms with Crippen molar-refractivity contribution in [3.05, 3.63) is 54.5 Å². The Morgan fingerprint density at radius 3 is 2.36 bits per heavy atom. The molecule has 0 saturated carbocycles. The minimum Gasteiger partial charge on any atom is -0.383 e. The fourth-order valence-corrected chi connectivity index (χ4v) is 2.43. The predicted octanol–water partition coefficient (Wildman–Crippen LogP) is 2.07. The lowest BCUT2D eigenvalue weighted by molar-refractivity contribution is 0.0827. The number of nitrogens with two attached hydrogens (primary N) is 2. The standard InChI is InChI=1S/C18H18N6O/c1-24(2)18(25)11-5-6-15(22-9-11)14-8-12(10-23-17(14)20)13-4-3-7-21-16(13)19/h3-10H,1-2H3,(H2,19,21)(H2,20,23). The maximum absolute atomic E-state index is 12.0. The molecular weight excluding hydrogens is 316 g/mol. The summed E-state index contributed by atoms with van der Waals surface area (Å²) in [5.41, 5.74) is 15.3. The van der Waals surface area contributed by atoms with Crippen LogP contribution in [0.2, 0.25) is 0 Å². The average molecular weight is 334 g/mol. The number of rotatable bonds is 3. The van der Waals surface area contributed by atoms with Gasteiger partial charge in [0, 0.05) is 49.4 Å². The van der Waals surface area contributed by atoms with E-state index in [9.17, 15) is 4.79 Å². The van der Waals surface area contributed by atoms with Crippen LogP contribution in [0.25, 0.3) is 22.4 Å². The first-order chi connectivity index (χ1) is 12.0. The van der Waals surface area contributed by atoms with Crippen molar-refractivity contribution in [3.8, 4) is 22.4 Å². The van der Waals surface area contributed by atoms with Crippen molar-refractivity contribution in [3.63, 3.8) is 0 Å². The zero-order chi connectivity index (χ0) is 18.0. The molecule has 0 bridgehead atoms. The summed E-state index contributed by atoms with van der Waals surface area (Å²) < 4.78 is 0. The van der Waals surface area contributed by atoms with Gasteiger partial charge in [-0.05, 0) is 30.3 Å². The van der Waals surface area contributed by atoms with E-state index in [4.69, 9.17) is 11.5 Å². The minimum atomic E-state index is -0.109. The maximum Gasteiger partial charge on any atom is 0.254 e. The number of nitrogen functional groups attached to an aromatic ring is 2. The number of carbonyl (C=O) groups is 1. The van der Waals surface area contributed by atoms with Crippen molar-refractivity contribution in [2.24, 2.45) is 0 Å². The Labute approximate surface area is 145 Å².